The summed E-state index contributed by atoms with van der Waals surface area (Å²) >= 11 is 5.79. The minimum absolute atomic E-state index is 0.0206. The van der Waals surface area contributed by atoms with Crippen molar-refractivity contribution in [3.8, 4) is 0 Å². The van der Waals surface area contributed by atoms with Crippen LogP contribution in [-0.2, 0) is 16.1 Å². The third kappa shape index (κ3) is 5.73. The Hall–Kier alpha value is -3.74. The Morgan fingerprint density at radius 3 is 2.58 bits per heavy atom. The molecule has 0 fully saturated rings. The fourth-order valence-electron chi connectivity index (χ4n) is 3.71. The number of nitrogen functional groups attached to an aromatic ring is 1. The number of hydrogen-bond acceptors (Lipinski definition) is 7. The number of hydrogen-bond donors (Lipinski definition) is 5. The lowest BCUT2D eigenvalue weighted by molar-refractivity contribution is -0.139. The molecule has 3 rings (SSSR count). The molecule has 1 heterocycles. The van der Waals surface area contributed by atoms with E-state index in [9.17, 15) is 29.0 Å². The number of aromatic nitrogens is 2. The van der Waals surface area contributed by atoms with Crippen molar-refractivity contribution in [3.63, 3.8) is 0 Å². The Labute approximate surface area is 210 Å². The summed E-state index contributed by atoms with van der Waals surface area (Å²) < 4.78 is 15.6. The van der Waals surface area contributed by atoms with Gasteiger partial charge < -0.3 is 31.9 Å². The van der Waals surface area contributed by atoms with E-state index in [1.54, 1.807) is 12.1 Å². The number of carbonyl (C=O) groups excluding carboxylic acids is 3. The monoisotopic (exact) mass is 520 g/mol. The second-order valence-electron chi connectivity index (χ2n) is 8.15. The van der Waals surface area contributed by atoms with E-state index >= 15 is 0 Å². The highest BCUT2D eigenvalue weighted by molar-refractivity contribution is 6.30. The molecule has 2 atom stereocenters. The minimum atomic E-state index is -1.11. The predicted molar refractivity (Wildman–Crippen MR) is 130 cm³/mol. The maximum Gasteiger partial charge on any atom is 0.269 e. The maximum absolute atomic E-state index is 14.4. The molecule has 192 valence electrons. The zero-order valence-corrected chi connectivity index (χ0v) is 20.1. The van der Waals surface area contributed by atoms with E-state index in [-0.39, 0.29) is 22.8 Å². The molecular weight excluding hydrogens is 495 g/mol. The summed E-state index contributed by atoms with van der Waals surface area (Å²) in [5, 5.41) is 26.2. The normalized spacial score (nSPS) is 12.8. The van der Waals surface area contributed by atoms with E-state index in [0.29, 0.717) is 16.6 Å². The quantitative estimate of drug-likeness (QED) is 0.242. The number of nitrogens with one attached hydrogen (secondary N) is 1. The van der Waals surface area contributed by atoms with E-state index in [4.69, 9.17) is 23.1 Å². The number of rotatable bonds is 10. The number of carbonyl (C=O) groups is 3. The van der Waals surface area contributed by atoms with Crippen molar-refractivity contribution in [1.82, 2.24) is 20.0 Å². The molecule has 3 aromatic rings. The molecule has 7 N–H and O–H groups in total. The Morgan fingerprint density at radius 2 is 1.94 bits per heavy atom. The summed E-state index contributed by atoms with van der Waals surface area (Å²) in [7, 11) is 0. The summed E-state index contributed by atoms with van der Waals surface area (Å²) in [6.45, 7) is -0.424. The Balaban J connectivity index is 1.82. The first-order chi connectivity index (χ1) is 17.1. The summed E-state index contributed by atoms with van der Waals surface area (Å²) in [6, 6.07) is 6.94. The van der Waals surface area contributed by atoms with Crippen LogP contribution < -0.4 is 16.8 Å². The number of fused-ring (bicyclic) bond motifs is 1. The topological polar surface area (TPSA) is 177 Å². The lowest BCUT2D eigenvalue weighted by Gasteiger charge is -2.28. The molecule has 0 bridgehead atoms. The van der Waals surface area contributed by atoms with Crippen LogP contribution in [0.4, 0.5) is 10.1 Å². The summed E-state index contributed by atoms with van der Waals surface area (Å²) in [6.07, 6.45) is 0. The maximum atomic E-state index is 14.4. The Morgan fingerprint density at radius 1 is 1.22 bits per heavy atom. The highest BCUT2D eigenvalue weighted by Crippen LogP contribution is 2.24. The number of halogens is 2. The molecule has 0 aliphatic heterocycles. The van der Waals surface area contributed by atoms with Gasteiger partial charge in [-0.3, -0.25) is 19.1 Å². The van der Waals surface area contributed by atoms with Crippen LogP contribution in [0.1, 0.15) is 29.0 Å². The van der Waals surface area contributed by atoms with Gasteiger partial charge in [-0.05, 0) is 31.2 Å². The largest absolute Gasteiger partial charge is 0.399 e. The molecule has 0 radical (unpaired) electrons. The summed E-state index contributed by atoms with van der Waals surface area (Å²) in [5.74, 6) is -2.90. The molecule has 1 unspecified atom stereocenters. The SMILES string of the molecule is CC(CO)N(CC(=O)N[C@@H](CO)c1cccc(Cl)c1F)C(=O)Cn1nc(C(N)=O)c2cc(N)ccc21. The number of benzene rings is 2. The molecule has 0 spiro atoms. The average molecular weight is 521 g/mol. The lowest BCUT2D eigenvalue weighted by Crippen LogP contribution is -2.48. The van der Waals surface area contributed by atoms with Gasteiger partial charge in [-0.1, -0.05) is 23.7 Å². The van der Waals surface area contributed by atoms with Gasteiger partial charge >= 0.3 is 0 Å². The van der Waals surface area contributed by atoms with Gasteiger partial charge in [-0.2, -0.15) is 5.10 Å². The average Bonchev–Trinajstić information content (AvgIpc) is 3.19. The van der Waals surface area contributed by atoms with Crippen LogP contribution in [0, 0.1) is 5.82 Å². The molecule has 3 amide bonds. The Bertz CT molecular complexity index is 1300. The molecule has 1 aromatic heterocycles. The molecule has 36 heavy (non-hydrogen) atoms. The van der Waals surface area contributed by atoms with Crippen LogP contribution in [0.3, 0.4) is 0 Å². The van der Waals surface area contributed by atoms with Crippen molar-refractivity contribution in [3.05, 3.63) is 58.5 Å². The van der Waals surface area contributed by atoms with Crippen molar-refractivity contribution in [1.29, 1.82) is 0 Å². The van der Waals surface area contributed by atoms with E-state index < -0.39 is 55.4 Å². The minimum Gasteiger partial charge on any atom is -0.399 e. The highest BCUT2D eigenvalue weighted by Gasteiger charge is 2.26. The molecule has 13 heteroatoms. The molecule has 0 saturated heterocycles. The molecule has 0 saturated carbocycles. The van der Waals surface area contributed by atoms with Crippen LogP contribution >= 0.6 is 11.6 Å². The van der Waals surface area contributed by atoms with E-state index in [2.05, 4.69) is 10.4 Å². The van der Waals surface area contributed by atoms with Gasteiger partial charge in [0.15, 0.2) is 5.69 Å². The van der Waals surface area contributed by atoms with Gasteiger partial charge in [-0.15, -0.1) is 0 Å². The predicted octanol–water partition coefficient (Wildman–Crippen LogP) is 0.569. The molecular formula is C23H26ClFN6O5. The first-order valence-corrected chi connectivity index (χ1v) is 11.2. The van der Waals surface area contributed by atoms with E-state index in [1.807, 2.05) is 0 Å². The number of aliphatic hydroxyl groups is 2. The number of amides is 3. The first-order valence-electron chi connectivity index (χ1n) is 10.9. The smallest absolute Gasteiger partial charge is 0.269 e. The number of aliphatic hydroxyl groups excluding tert-OH is 2. The number of nitrogens with zero attached hydrogens (tertiary/aromatic N) is 3. The van der Waals surface area contributed by atoms with Gasteiger partial charge in [0.1, 0.15) is 12.4 Å². The number of primary amides is 1. The van der Waals surface area contributed by atoms with Crippen LogP contribution in [0.25, 0.3) is 10.9 Å². The van der Waals surface area contributed by atoms with Crippen molar-refractivity contribution in [2.24, 2.45) is 5.73 Å². The van der Waals surface area contributed by atoms with Crippen molar-refractivity contribution in [2.45, 2.75) is 25.6 Å². The van der Waals surface area contributed by atoms with Crippen molar-refractivity contribution in [2.75, 3.05) is 25.5 Å². The fourth-order valence-corrected chi connectivity index (χ4v) is 3.89. The van der Waals surface area contributed by atoms with Crippen molar-refractivity contribution < 1.29 is 29.0 Å². The van der Waals surface area contributed by atoms with Crippen molar-refractivity contribution >= 4 is 45.9 Å². The van der Waals surface area contributed by atoms with Crippen LogP contribution in [0.5, 0.6) is 0 Å². The second-order valence-corrected chi connectivity index (χ2v) is 8.55. The number of nitrogens with two attached hydrogens (primary N) is 2. The highest BCUT2D eigenvalue weighted by atomic mass is 35.5. The number of anilines is 1. The van der Waals surface area contributed by atoms with E-state index in [0.717, 1.165) is 4.90 Å². The first kappa shape index (κ1) is 26.9. The van der Waals surface area contributed by atoms with Crippen LogP contribution in [-0.4, -0.2) is 68.4 Å². The van der Waals surface area contributed by atoms with Crippen LogP contribution in [0.15, 0.2) is 36.4 Å². The molecule has 2 aromatic carbocycles. The molecule has 11 nitrogen and oxygen atoms in total. The molecule has 0 aliphatic rings. The zero-order valence-electron chi connectivity index (χ0n) is 19.3. The lowest BCUT2D eigenvalue weighted by atomic mass is 10.1. The second kappa shape index (κ2) is 11.3. The fraction of sp³-hybridized carbons (Fsp3) is 0.304. The van der Waals surface area contributed by atoms with Gasteiger partial charge in [0.2, 0.25) is 11.8 Å². The third-order valence-electron chi connectivity index (χ3n) is 5.60. The zero-order chi connectivity index (χ0) is 26.6. The van der Waals surface area contributed by atoms with E-state index in [1.165, 1.54) is 35.9 Å². The standard InChI is InChI=1S/C23H26ClFN6O5/c1-12(10-32)30(8-19(34)28-17(11-33)14-3-2-4-16(24)21(14)25)20(35)9-31-18-6-5-13(26)7-15(18)22(29-31)23(27)36/h2-7,12,17,32-33H,8-11,26H2,1H3,(H2,27,36)(H,28,34)/t12?,17-/m0/s1. The van der Waals surface area contributed by atoms with Gasteiger partial charge in [0.25, 0.3) is 5.91 Å². The summed E-state index contributed by atoms with van der Waals surface area (Å²) in [4.78, 5) is 38.9. The van der Waals surface area contributed by atoms with Gasteiger partial charge in [0.05, 0.1) is 42.4 Å². The van der Waals surface area contributed by atoms with Gasteiger partial charge in [-0.25, -0.2) is 4.39 Å². The van der Waals surface area contributed by atoms with Gasteiger partial charge in [0, 0.05) is 16.6 Å². The molecule has 0 aliphatic carbocycles. The van der Waals surface area contributed by atoms with Crippen LogP contribution in [0.2, 0.25) is 5.02 Å². The summed E-state index contributed by atoms with van der Waals surface area (Å²) in [5.41, 5.74) is 11.9. The third-order valence-corrected chi connectivity index (χ3v) is 5.89. The Kier molecular flexibility index (Phi) is 8.45.